The van der Waals surface area contributed by atoms with Crippen LogP contribution in [0.15, 0.2) is 48.7 Å². The fraction of sp³-hybridized carbons (Fsp3) is 0.308. The van der Waals surface area contributed by atoms with Gasteiger partial charge in [0.2, 0.25) is 5.95 Å². The molecule has 6 bridgehead atoms. The van der Waals surface area contributed by atoms with Gasteiger partial charge in [0.15, 0.2) is 5.82 Å². The first-order valence-electron chi connectivity index (χ1n) is 11.9. The lowest BCUT2D eigenvalue weighted by molar-refractivity contribution is 0.101. The van der Waals surface area contributed by atoms with Gasteiger partial charge in [-0.15, -0.1) is 0 Å². The van der Waals surface area contributed by atoms with E-state index < -0.39 is 17.7 Å². The fourth-order valence-electron chi connectivity index (χ4n) is 4.03. The van der Waals surface area contributed by atoms with Crippen molar-refractivity contribution in [3.8, 4) is 0 Å². The Labute approximate surface area is 220 Å². The van der Waals surface area contributed by atoms with Crippen molar-refractivity contribution in [1.82, 2.24) is 20.2 Å². The lowest BCUT2D eigenvalue weighted by Gasteiger charge is -2.33. The molecule has 0 atom stereocenters. The molecular weight excluding hydrogens is 494 g/mol. The summed E-state index contributed by atoms with van der Waals surface area (Å²) in [5.41, 5.74) is 3.75. The Hall–Kier alpha value is -4.05. The molecule has 0 saturated carbocycles. The second-order valence-electron chi connectivity index (χ2n) is 9.70. The van der Waals surface area contributed by atoms with E-state index in [2.05, 4.69) is 31.2 Å². The maximum absolute atomic E-state index is 12.7. The summed E-state index contributed by atoms with van der Waals surface area (Å²) in [5, 5.41) is 21.9. The van der Waals surface area contributed by atoms with E-state index in [0.717, 1.165) is 28.9 Å². The van der Waals surface area contributed by atoms with Crippen molar-refractivity contribution in [3.05, 3.63) is 64.8 Å². The molecule has 0 radical (unpaired) electrons. The fourth-order valence-corrected chi connectivity index (χ4v) is 4.17. The molecule has 10 nitrogen and oxygen atoms in total. The van der Waals surface area contributed by atoms with Crippen LogP contribution < -0.4 is 21.3 Å². The van der Waals surface area contributed by atoms with Crippen molar-refractivity contribution in [2.75, 3.05) is 29.0 Å². The Morgan fingerprint density at radius 1 is 1.11 bits per heavy atom. The van der Waals surface area contributed by atoms with Crippen LogP contribution in [-0.2, 0) is 12.8 Å². The third-order valence-corrected chi connectivity index (χ3v) is 6.16. The Morgan fingerprint density at radius 3 is 2.65 bits per heavy atom. The van der Waals surface area contributed by atoms with Gasteiger partial charge in [0.1, 0.15) is 5.02 Å². The molecule has 37 heavy (non-hydrogen) atoms. The number of anilines is 5. The van der Waals surface area contributed by atoms with Crippen molar-refractivity contribution in [2.45, 2.75) is 39.2 Å². The first-order chi connectivity index (χ1) is 17.6. The molecule has 1 aliphatic rings. The van der Waals surface area contributed by atoms with Crippen LogP contribution in [0, 0.1) is 0 Å². The monoisotopic (exact) mass is 523 g/mol. The number of aryl methyl sites for hydroxylation is 2. The molecule has 3 aromatic rings. The smallest absolute Gasteiger partial charge is 0.407 e. The summed E-state index contributed by atoms with van der Waals surface area (Å²) in [7, 11) is 0. The number of benzene rings is 2. The quantitative estimate of drug-likeness (QED) is 0.300. The molecule has 0 fully saturated rings. The SMILES string of the molecule is CC(C)(C)N(CCNC(=O)Nc1ccc2cc1CCc1cccc(c1)Nc1ncc(Cl)c(n1)N2)C(=O)O. The van der Waals surface area contributed by atoms with Gasteiger partial charge in [-0.1, -0.05) is 23.7 Å². The molecule has 0 unspecified atom stereocenters. The minimum absolute atomic E-state index is 0.175. The number of nitrogens with zero attached hydrogens (tertiary/aromatic N) is 3. The molecule has 1 aliphatic heterocycles. The molecule has 1 aromatic heterocycles. The number of hydrogen-bond acceptors (Lipinski definition) is 6. The molecule has 11 heteroatoms. The molecular formula is C26H30ClN7O3. The second-order valence-corrected chi connectivity index (χ2v) is 10.1. The molecule has 0 aliphatic carbocycles. The Balaban J connectivity index is 1.53. The number of fused-ring (bicyclic) bond motifs is 6. The van der Waals surface area contributed by atoms with Crippen molar-refractivity contribution >= 4 is 52.6 Å². The maximum atomic E-state index is 12.7. The molecule has 194 valence electrons. The van der Waals surface area contributed by atoms with Crippen molar-refractivity contribution < 1.29 is 14.7 Å². The molecule has 5 N–H and O–H groups in total. The molecule has 4 rings (SSSR count). The first kappa shape index (κ1) is 26.0. The summed E-state index contributed by atoms with van der Waals surface area (Å²) < 4.78 is 0. The third kappa shape index (κ3) is 6.79. The zero-order valence-corrected chi connectivity index (χ0v) is 21.7. The topological polar surface area (TPSA) is 132 Å². The van der Waals surface area contributed by atoms with Crippen molar-refractivity contribution in [3.63, 3.8) is 0 Å². The first-order valence-corrected chi connectivity index (χ1v) is 12.3. The van der Waals surface area contributed by atoms with E-state index in [1.165, 1.54) is 11.1 Å². The second kappa shape index (κ2) is 10.9. The van der Waals surface area contributed by atoms with Gasteiger partial charge in [0.05, 0.1) is 6.20 Å². The minimum atomic E-state index is -1.03. The predicted octanol–water partition coefficient (Wildman–Crippen LogP) is 5.62. The molecule has 0 saturated heterocycles. The predicted molar refractivity (Wildman–Crippen MR) is 145 cm³/mol. The van der Waals surface area contributed by atoms with Crippen LogP contribution in [-0.4, -0.2) is 50.7 Å². The van der Waals surface area contributed by atoms with Gasteiger partial charge in [-0.2, -0.15) is 4.98 Å². The molecule has 0 spiro atoms. The summed E-state index contributed by atoms with van der Waals surface area (Å²) in [6.45, 7) is 5.79. The van der Waals surface area contributed by atoms with Crippen LogP contribution in [0.1, 0.15) is 31.9 Å². The number of urea groups is 1. The molecule has 2 aromatic carbocycles. The van der Waals surface area contributed by atoms with E-state index >= 15 is 0 Å². The molecule has 3 amide bonds. The van der Waals surface area contributed by atoms with E-state index in [-0.39, 0.29) is 13.1 Å². The van der Waals surface area contributed by atoms with E-state index in [1.54, 1.807) is 0 Å². The Bertz CT molecular complexity index is 1310. The number of rotatable bonds is 4. The van der Waals surface area contributed by atoms with E-state index in [4.69, 9.17) is 11.6 Å². The zero-order valence-electron chi connectivity index (χ0n) is 20.9. The third-order valence-electron chi connectivity index (χ3n) is 5.89. The van der Waals surface area contributed by atoms with Crippen LogP contribution in [0.5, 0.6) is 0 Å². The number of nitrogens with one attached hydrogen (secondary N) is 4. The minimum Gasteiger partial charge on any atom is -0.465 e. The largest absolute Gasteiger partial charge is 0.465 e. The highest BCUT2D eigenvalue weighted by Gasteiger charge is 2.25. The Kier molecular flexibility index (Phi) is 7.68. The normalized spacial score (nSPS) is 12.5. The summed E-state index contributed by atoms with van der Waals surface area (Å²) in [5.74, 6) is 0.882. The van der Waals surface area contributed by atoms with Gasteiger partial charge in [0.25, 0.3) is 0 Å². The Morgan fingerprint density at radius 2 is 1.89 bits per heavy atom. The van der Waals surface area contributed by atoms with Crippen molar-refractivity contribution in [1.29, 1.82) is 0 Å². The number of hydrogen-bond donors (Lipinski definition) is 5. The average Bonchev–Trinajstić information content (AvgIpc) is 2.83. The summed E-state index contributed by atoms with van der Waals surface area (Å²) in [6, 6.07) is 13.2. The standard InChI is InChI=1S/C26H30ClN7O3/c1-26(2,3)34(25(36)37)12-11-28-24(35)32-21-10-9-19-14-17(21)8-7-16-5-4-6-18(13-16)31-23-29-15-20(27)22(30-19)33-23/h4-6,9-10,13-15H,7-8,11-12H2,1-3H3,(H,36,37)(H2,28,32,35)(H2,29,30,31,33). The van der Waals surface area contributed by atoms with E-state index in [9.17, 15) is 14.7 Å². The number of carbonyl (C=O) groups is 2. The van der Waals surface area contributed by atoms with Gasteiger partial charge in [0, 0.05) is 35.7 Å². The van der Waals surface area contributed by atoms with Crippen LogP contribution in [0.3, 0.4) is 0 Å². The molecule has 2 heterocycles. The maximum Gasteiger partial charge on any atom is 0.407 e. The summed E-state index contributed by atoms with van der Waals surface area (Å²) in [4.78, 5) is 34.2. The number of aromatic nitrogens is 2. The zero-order chi connectivity index (χ0) is 26.6. The lowest BCUT2D eigenvalue weighted by atomic mass is 10.0. The highest BCUT2D eigenvalue weighted by Crippen LogP contribution is 2.29. The van der Waals surface area contributed by atoms with Gasteiger partial charge >= 0.3 is 12.1 Å². The van der Waals surface area contributed by atoms with Crippen LogP contribution in [0.4, 0.5) is 38.4 Å². The van der Waals surface area contributed by atoms with Crippen LogP contribution in [0.25, 0.3) is 0 Å². The number of carbonyl (C=O) groups excluding carboxylic acids is 1. The highest BCUT2D eigenvalue weighted by molar-refractivity contribution is 6.32. The lowest BCUT2D eigenvalue weighted by Crippen LogP contribution is -2.48. The van der Waals surface area contributed by atoms with Crippen molar-refractivity contribution in [2.24, 2.45) is 0 Å². The van der Waals surface area contributed by atoms with Crippen LogP contribution >= 0.6 is 11.6 Å². The van der Waals surface area contributed by atoms with Crippen LogP contribution in [0.2, 0.25) is 5.02 Å². The number of halogens is 1. The average molecular weight is 524 g/mol. The van der Waals surface area contributed by atoms with Gasteiger partial charge in [-0.05, 0) is 75.1 Å². The van der Waals surface area contributed by atoms with Gasteiger partial charge in [-0.25, -0.2) is 14.6 Å². The summed E-state index contributed by atoms with van der Waals surface area (Å²) in [6.07, 6.45) is 1.92. The number of amides is 3. The van der Waals surface area contributed by atoms with Gasteiger partial charge in [-0.3, -0.25) is 0 Å². The highest BCUT2D eigenvalue weighted by atomic mass is 35.5. The number of carboxylic acid groups (broad SMARTS) is 1. The van der Waals surface area contributed by atoms with E-state index in [0.29, 0.717) is 28.9 Å². The van der Waals surface area contributed by atoms with Gasteiger partial charge < -0.3 is 31.3 Å². The van der Waals surface area contributed by atoms with E-state index in [1.807, 2.05) is 63.2 Å². The summed E-state index contributed by atoms with van der Waals surface area (Å²) >= 11 is 6.33.